The van der Waals surface area contributed by atoms with Crippen LogP contribution in [0.25, 0.3) is 22.8 Å². The van der Waals surface area contributed by atoms with E-state index in [1.54, 1.807) is 41.6 Å². The molecule has 0 radical (unpaired) electrons. The molecule has 0 aliphatic heterocycles. The summed E-state index contributed by atoms with van der Waals surface area (Å²) in [5.41, 5.74) is 1.36. The number of benzene rings is 1. The van der Waals surface area contributed by atoms with Crippen LogP contribution in [0.2, 0.25) is 10.0 Å². The number of hydrogen-bond donors (Lipinski definition) is 0. The molecule has 0 aliphatic rings. The molecule has 0 aliphatic carbocycles. The number of pyridine rings is 1. The molecule has 148 valence electrons. The third-order valence-corrected chi connectivity index (χ3v) is 5.56. The van der Waals surface area contributed by atoms with Gasteiger partial charge in [-0.15, -0.1) is 0 Å². The van der Waals surface area contributed by atoms with Crippen LogP contribution in [0.3, 0.4) is 0 Å². The average molecular weight is 446 g/mol. The van der Waals surface area contributed by atoms with Crippen molar-refractivity contribution >= 4 is 57.8 Å². The molecule has 28 heavy (non-hydrogen) atoms. The van der Waals surface area contributed by atoms with E-state index in [0.717, 1.165) is 29.2 Å². The van der Waals surface area contributed by atoms with Crippen LogP contribution >= 0.6 is 35.0 Å². The van der Waals surface area contributed by atoms with Gasteiger partial charge in [0.25, 0.3) is 0 Å². The Balaban J connectivity index is 2.13. The number of imidazole rings is 1. The Morgan fingerprint density at radius 3 is 2.64 bits per heavy atom. The fourth-order valence-corrected chi connectivity index (χ4v) is 3.81. The number of thioether (sulfide) groups is 1. The van der Waals surface area contributed by atoms with Gasteiger partial charge in [0.15, 0.2) is 5.65 Å². The van der Waals surface area contributed by atoms with Crippen LogP contribution in [0.1, 0.15) is 23.9 Å². The van der Waals surface area contributed by atoms with Crippen molar-refractivity contribution in [2.45, 2.75) is 13.1 Å². The van der Waals surface area contributed by atoms with Gasteiger partial charge in [0, 0.05) is 34.6 Å². The van der Waals surface area contributed by atoms with Gasteiger partial charge in [-0.25, -0.2) is 9.97 Å². The van der Waals surface area contributed by atoms with Gasteiger partial charge in [-0.05, 0) is 35.6 Å². The summed E-state index contributed by atoms with van der Waals surface area (Å²) in [4.78, 5) is 8.40. The topological polar surface area (TPSA) is 30.7 Å². The van der Waals surface area contributed by atoms with E-state index in [1.165, 1.54) is 0 Å². The molecular weight excluding hydrogens is 430 g/mol. The summed E-state index contributed by atoms with van der Waals surface area (Å²) in [6.07, 6.45) is -1.76. The summed E-state index contributed by atoms with van der Waals surface area (Å²) in [7, 11) is 1.73. The zero-order valence-electron chi connectivity index (χ0n) is 15.0. The second-order valence-electron chi connectivity index (χ2n) is 6.03. The molecule has 0 atom stereocenters. The Morgan fingerprint density at radius 2 is 2.00 bits per heavy atom. The normalized spacial score (nSPS) is 12.8. The summed E-state index contributed by atoms with van der Waals surface area (Å²) in [6, 6.07) is 6.19. The number of aromatic nitrogens is 3. The lowest BCUT2D eigenvalue weighted by Crippen LogP contribution is -2.05. The predicted octanol–water partition coefficient (Wildman–Crippen LogP) is 6.59. The van der Waals surface area contributed by atoms with Crippen LogP contribution in [0.4, 0.5) is 13.2 Å². The van der Waals surface area contributed by atoms with Crippen LogP contribution in [0.15, 0.2) is 30.5 Å². The minimum Gasteiger partial charge on any atom is -0.312 e. The van der Waals surface area contributed by atoms with Gasteiger partial charge in [-0.3, -0.25) is 0 Å². The Kier molecular flexibility index (Phi) is 6.27. The number of nitrogens with zero attached hydrogens (tertiary/aromatic N) is 3. The van der Waals surface area contributed by atoms with Crippen LogP contribution in [0, 0.1) is 0 Å². The van der Waals surface area contributed by atoms with Crippen LogP contribution in [0.5, 0.6) is 0 Å². The van der Waals surface area contributed by atoms with Crippen molar-refractivity contribution in [3.05, 3.63) is 57.5 Å². The van der Waals surface area contributed by atoms with E-state index >= 15 is 0 Å². The van der Waals surface area contributed by atoms with Gasteiger partial charge in [-0.2, -0.15) is 24.9 Å². The molecule has 0 unspecified atom stereocenters. The van der Waals surface area contributed by atoms with Crippen LogP contribution in [-0.2, 0) is 13.2 Å². The highest BCUT2D eigenvalue weighted by molar-refractivity contribution is 7.99. The maximum Gasteiger partial charge on any atom is 0.417 e. The minimum absolute atomic E-state index is 0.196. The van der Waals surface area contributed by atoms with Crippen LogP contribution < -0.4 is 0 Å². The number of aryl methyl sites for hydroxylation is 1. The monoisotopic (exact) mass is 445 g/mol. The Labute approximate surface area is 174 Å². The van der Waals surface area contributed by atoms with Gasteiger partial charge < -0.3 is 4.57 Å². The Bertz CT molecular complexity index is 1040. The first-order valence-corrected chi connectivity index (χ1v) is 10.2. The molecule has 9 heteroatoms. The lowest BCUT2D eigenvalue weighted by molar-refractivity contribution is -0.137. The summed E-state index contributed by atoms with van der Waals surface area (Å²) < 4.78 is 40.7. The Morgan fingerprint density at radius 1 is 1.25 bits per heavy atom. The zero-order chi connectivity index (χ0) is 20.5. The average Bonchev–Trinajstić information content (AvgIpc) is 2.96. The van der Waals surface area contributed by atoms with Crippen molar-refractivity contribution in [3.8, 4) is 0 Å². The molecule has 0 saturated carbocycles. The van der Waals surface area contributed by atoms with E-state index < -0.39 is 11.7 Å². The molecule has 3 nitrogen and oxygen atoms in total. The van der Waals surface area contributed by atoms with Crippen molar-refractivity contribution in [1.29, 1.82) is 0 Å². The number of rotatable bonds is 5. The molecule has 0 spiro atoms. The first-order valence-electron chi connectivity index (χ1n) is 8.34. The smallest absolute Gasteiger partial charge is 0.312 e. The molecule has 0 amide bonds. The molecule has 0 fully saturated rings. The third kappa shape index (κ3) is 4.47. The fraction of sp³-hybridized carbons (Fsp3) is 0.263. The SMILES string of the molecule is CCSC/C(=C\c1ccc(Cl)cc1Cl)c1nc2cc(C(F)(F)F)cnc2n1C. The second-order valence-corrected chi connectivity index (χ2v) is 8.15. The molecule has 0 saturated heterocycles. The molecule has 3 aromatic rings. The standard InChI is InChI=1S/C19H16Cl2F3N3S/c1-3-28-10-12(6-11-4-5-14(20)8-15(11)21)17-26-16-7-13(19(22,23)24)9-25-18(16)27(17)2/h4-9H,3,10H2,1-2H3/b12-6+. The van der Waals surface area contributed by atoms with Gasteiger partial charge in [0.2, 0.25) is 0 Å². The number of halogens is 5. The van der Waals surface area contributed by atoms with Gasteiger partial charge >= 0.3 is 6.18 Å². The fourth-order valence-electron chi connectivity index (χ4n) is 2.71. The first kappa shape index (κ1) is 21.0. The van der Waals surface area contributed by atoms with E-state index in [2.05, 4.69) is 9.97 Å². The maximum absolute atomic E-state index is 13.0. The van der Waals surface area contributed by atoms with Crippen molar-refractivity contribution < 1.29 is 13.2 Å². The highest BCUT2D eigenvalue weighted by Crippen LogP contribution is 2.32. The van der Waals surface area contributed by atoms with Crippen molar-refractivity contribution in [1.82, 2.24) is 14.5 Å². The van der Waals surface area contributed by atoms with Gasteiger partial charge in [-0.1, -0.05) is 36.2 Å². The predicted molar refractivity (Wildman–Crippen MR) is 111 cm³/mol. The van der Waals surface area contributed by atoms with Crippen molar-refractivity contribution in [2.75, 3.05) is 11.5 Å². The number of alkyl halides is 3. The number of hydrogen-bond acceptors (Lipinski definition) is 3. The molecule has 2 aromatic heterocycles. The Hall–Kier alpha value is -1.70. The van der Waals surface area contributed by atoms with Crippen LogP contribution in [-0.4, -0.2) is 26.0 Å². The quantitative estimate of drug-likeness (QED) is 0.443. The number of fused-ring (bicyclic) bond motifs is 1. The third-order valence-electron chi connectivity index (χ3n) is 4.08. The molecular formula is C19H16Cl2F3N3S. The maximum atomic E-state index is 13.0. The highest BCUT2D eigenvalue weighted by atomic mass is 35.5. The zero-order valence-corrected chi connectivity index (χ0v) is 17.3. The van der Waals surface area contributed by atoms with Gasteiger partial charge in [0.05, 0.1) is 5.56 Å². The van der Waals surface area contributed by atoms with E-state index in [0.29, 0.717) is 27.3 Å². The summed E-state index contributed by atoms with van der Waals surface area (Å²) in [5, 5.41) is 1.01. The largest absolute Gasteiger partial charge is 0.417 e. The van der Waals surface area contributed by atoms with Crippen molar-refractivity contribution in [3.63, 3.8) is 0 Å². The van der Waals surface area contributed by atoms with Gasteiger partial charge in [0.1, 0.15) is 11.3 Å². The summed E-state index contributed by atoms with van der Waals surface area (Å²) in [6.45, 7) is 2.03. The van der Waals surface area contributed by atoms with Crippen molar-refractivity contribution in [2.24, 2.45) is 7.05 Å². The first-order chi connectivity index (χ1) is 13.2. The second kappa shape index (κ2) is 8.35. The molecule has 3 rings (SSSR count). The highest BCUT2D eigenvalue weighted by Gasteiger charge is 2.31. The lowest BCUT2D eigenvalue weighted by Gasteiger charge is -2.09. The molecule has 0 N–H and O–H groups in total. The molecule has 2 heterocycles. The molecule has 0 bridgehead atoms. The van der Waals surface area contributed by atoms with E-state index in [1.807, 2.05) is 13.0 Å². The molecule has 1 aromatic carbocycles. The van der Waals surface area contributed by atoms with E-state index in [-0.39, 0.29) is 5.52 Å². The van der Waals surface area contributed by atoms with E-state index in [4.69, 9.17) is 23.2 Å². The summed E-state index contributed by atoms with van der Waals surface area (Å²) >= 11 is 13.9. The summed E-state index contributed by atoms with van der Waals surface area (Å²) in [5.74, 6) is 2.05. The van der Waals surface area contributed by atoms with E-state index in [9.17, 15) is 13.2 Å². The minimum atomic E-state index is -4.47. The lowest BCUT2D eigenvalue weighted by atomic mass is 10.1.